The topological polar surface area (TPSA) is 97.0 Å². The van der Waals surface area contributed by atoms with E-state index in [9.17, 15) is 19.8 Å². The van der Waals surface area contributed by atoms with Crippen molar-refractivity contribution >= 4 is 16.9 Å². The Labute approximate surface area is 231 Å². The highest BCUT2D eigenvalue weighted by molar-refractivity contribution is 5.88. The lowest BCUT2D eigenvalue weighted by Crippen LogP contribution is -2.09. The minimum atomic E-state index is -0.411. The van der Waals surface area contributed by atoms with Crippen LogP contribution in [-0.4, -0.2) is 16.2 Å². The van der Waals surface area contributed by atoms with Gasteiger partial charge in [-0.15, -0.1) is 0 Å². The van der Waals surface area contributed by atoms with E-state index in [1.807, 2.05) is 0 Å². The molecule has 0 bridgehead atoms. The van der Waals surface area contributed by atoms with Gasteiger partial charge in [-0.25, -0.2) is 0 Å². The number of hydrogen-bond donors (Lipinski definition) is 2. The number of allylic oxidation sites excluding steroid dienone is 2. The number of phenols is 2. The van der Waals surface area contributed by atoms with Crippen LogP contribution in [0.25, 0.3) is 22.1 Å². The van der Waals surface area contributed by atoms with Crippen LogP contribution in [0.15, 0.2) is 64.0 Å². The highest BCUT2D eigenvalue weighted by Gasteiger charge is 2.16. The molecule has 3 rings (SSSR count). The van der Waals surface area contributed by atoms with Gasteiger partial charge in [0, 0.05) is 18.6 Å². The van der Waals surface area contributed by atoms with Gasteiger partial charge in [-0.1, -0.05) is 82.6 Å². The van der Waals surface area contributed by atoms with Crippen LogP contribution in [0.1, 0.15) is 96.8 Å². The van der Waals surface area contributed by atoms with Gasteiger partial charge in [-0.2, -0.15) is 0 Å². The molecule has 0 amide bonds. The van der Waals surface area contributed by atoms with Crippen LogP contribution < -0.4 is 10.2 Å². The number of phenolic OH excluding ortho intramolecular Hbond substituents is 2. The molecule has 1 heterocycles. The maximum absolute atomic E-state index is 12.9. The summed E-state index contributed by atoms with van der Waals surface area (Å²) >= 11 is 0. The fraction of sp³-hybridized carbons (Fsp3) is 0.455. The summed E-state index contributed by atoms with van der Waals surface area (Å²) in [4.78, 5) is 25.2. The zero-order valence-electron chi connectivity index (χ0n) is 23.1. The van der Waals surface area contributed by atoms with Crippen LogP contribution in [0.2, 0.25) is 0 Å². The van der Waals surface area contributed by atoms with Gasteiger partial charge in [0.05, 0.1) is 5.56 Å². The average Bonchev–Trinajstić information content (AvgIpc) is 2.91. The highest BCUT2D eigenvalue weighted by atomic mass is 16.5. The molecule has 210 valence electrons. The van der Waals surface area contributed by atoms with E-state index in [1.165, 1.54) is 81.9 Å². The number of hydrogen-bond acceptors (Lipinski definition) is 6. The normalized spacial score (nSPS) is 11.4. The molecule has 2 N–H and O–H groups in total. The summed E-state index contributed by atoms with van der Waals surface area (Å²) in [6, 6.07) is 8.83. The monoisotopic (exact) mass is 534 g/mol. The van der Waals surface area contributed by atoms with E-state index in [4.69, 9.17) is 9.15 Å². The number of unbranched alkanes of at least 4 members (excludes halogenated alkanes) is 11. The molecule has 6 heteroatoms. The maximum atomic E-state index is 12.9. The van der Waals surface area contributed by atoms with Crippen molar-refractivity contribution < 1.29 is 24.2 Å². The molecule has 0 fully saturated rings. The Balaban J connectivity index is 1.35. The van der Waals surface area contributed by atoms with Gasteiger partial charge in [0.25, 0.3) is 0 Å². The quantitative estimate of drug-likeness (QED) is 0.0777. The zero-order chi connectivity index (χ0) is 27.9. The molecular formula is C33H42O6. The minimum absolute atomic E-state index is 0.0117. The third-order valence-electron chi connectivity index (χ3n) is 6.88. The molecule has 6 nitrogen and oxygen atoms in total. The number of carbonyl (C=O) groups is 1. The van der Waals surface area contributed by atoms with Crippen LogP contribution in [0.5, 0.6) is 17.2 Å². The molecule has 0 spiro atoms. The molecule has 0 atom stereocenters. The van der Waals surface area contributed by atoms with E-state index >= 15 is 0 Å². The molecular weight excluding hydrogens is 492 g/mol. The molecule has 39 heavy (non-hydrogen) atoms. The first-order valence-electron chi connectivity index (χ1n) is 14.4. The number of esters is 1. The minimum Gasteiger partial charge on any atom is -0.508 e. The summed E-state index contributed by atoms with van der Waals surface area (Å²) in [6.45, 7) is 2.25. The third-order valence-corrected chi connectivity index (χ3v) is 6.88. The van der Waals surface area contributed by atoms with Crippen LogP contribution in [-0.2, 0) is 4.79 Å². The largest absolute Gasteiger partial charge is 0.508 e. The second kappa shape index (κ2) is 16.4. The van der Waals surface area contributed by atoms with Gasteiger partial charge < -0.3 is 19.4 Å². The van der Waals surface area contributed by atoms with Crippen molar-refractivity contribution in [2.75, 3.05) is 0 Å². The van der Waals surface area contributed by atoms with Crippen molar-refractivity contribution in [2.24, 2.45) is 0 Å². The molecule has 3 aromatic rings. The van der Waals surface area contributed by atoms with Crippen molar-refractivity contribution in [3.63, 3.8) is 0 Å². The predicted octanol–water partition coefficient (Wildman–Crippen LogP) is 8.81. The molecule has 0 saturated carbocycles. The first-order valence-corrected chi connectivity index (χ1v) is 14.4. The fourth-order valence-corrected chi connectivity index (χ4v) is 4.63. The number of rotatable bonds is 17. The van der Waals surface area contributed by atoms with E-state index in [-0.39, 0.29) is 39.8 Å². The molecule has 0 aliphatic carbocycles. The Morgan fingerprint density at radius 1 is 0.846 bits per heavy atom. The number of ether oxygens (including phenoxy) is 1. The SMILES string of the molecule is CCCCCCCC/C=C\CCCCCCCC(=O)Oc1cc(O)c2c(=O)c(-c3ccc(O)cc3)coc2c1. The first-order chi connectivity index (χ1) is 19.0. The summed E-state index contributed by atoms with van der Waals surface area (Å²) in [5, 5.41) is 20.0. The maximum Gasteiger partial charge on any atom is 0.311 e. The third kappa shape index (κ3) is 9.93. The van der Waals surface area contributed by atoms with Crippen LogP contribution >= 0.6 is 0 Å². The molecule has 2 aromatic carbocycles. The molecule has 0 aliphatic heterocycles. The van der Waals surface area contributed by atoms with E-state index in [0.29, 0.717) is 12.0 Å². The molecule has 0 unspecified atom stereocenters. The van der Waals surface area contributed by atoms with Gasteiger partial charge in [-0.3, -0.25) is 9.59 Å². The Kier molecular flexibility index (Phi) is 12.6. The summed E-state index contributed by atoms with van der Waals surface area (Å²) in [6.07, 6.45) is 21.7. The fourth-order valence-electron chi connectivity index (χ4n) is 4.63. The van der Waals surface area contributed by atoms with Gasteiger partial charge in [0.2, 0.25) is 5.43 Å². The van der Waals surface area contributed by atoms with Crippen molar-refractivity contribution in [3.05, 3.63) is 65.0 Å². The van der Waals surface area contributed by atoms with Crippen molar-refractivity contribution in [1.82, 2.24) is 0 Å². The van der Waals surface area contributed by atoms with E-state index < -0.39 is 5.43 Å². The van der Waals surface area contributed by atoms with Crippen molar-refractivity contribution in [2.45, 2.75) is 96.8 Å². The summed E-state index contributed by atoms with van der Waals surface area (Å²) < 4.78 is 11.0. The number of benzene rings is 2. The Morgan fingerprint density at radius 3 is 2.13 bits per heavy atom. The highest BCUT2D eigenvalue weighted by Crippen LogP contribution is 2.31. The number of fused-ring (bicyclic) bond motifs is 1. The summed E-state index contributed by atoms with van der Waals surface area (Å²) in [5.74, 6) is -0.474. The Morgan fingerprint density at radius 2 is 1.46 bits per heavy atom. The Bertz CT molecular complexity index is 1260. The van der Waals surface area contributed by atoms with Crippen molar-refractivity contribution in [1.29, 1.82) is 0 Å². The molecule has 1 aromatic heterocycles. The van der Waals surface area contributed by atoms with Crippen LogP contribution in [0.3, 0.4) is 0 Å². The second-order valence-electron chi connectivity index (χ2n) is 10.1. The van der Waals surface area contributed by atoms with E-state index in [0.717, 1.165) is 32.1 Å². The van der Waals surface area contributed by atoms with Crippen LogP contribution in [0.4, 0.5) is 0 Å². The number of carbonyl (C=O) groups excluding carboxylic acids is 1. The second-order valence-corrected chi connectivity index (χ2v) is 10.1. The summed E-state index contributed by atoms with van der Waals surface area (Å²) in [7, 11) is 0. The first kappa shape index (κ1) is 30.0. The van der Waals surface area contributed by atoms with Gasteiger partial charge >= 0.3 is 5.97 Å². The van der Waals surface area contributed by atoms with Gasteiger partial charge in [-0.05, 0) is 49.8 Å². The molecule has 0 saturated heterocycles. The molecule has 0 radical (unpaired) electrons. The summed E-state index contributed by atoms with van der Waals surface area (Å²) in [5.41, 5.74) is 0.530. The lowest BCUT2D eigenvalue weighted by molar-refractivity contribution is -0.134. The lowest BCUT2D eigenvalue weighted by atomic mass is 10.0. The predicted molar refractivity (Wildman–Crippen MR) is 156 cm³/mol. The standard InChI is InChI=1S/C33H42O6/c1-2-3-4-5-6-7-8-9-10-11-12-13-14-15-16-17-31(36)39-27-22-29(35)32-30(23-27)38-24-28(33(32)37)25-18-20-26(34)21-19-25/h9-10,18-24,34-35H,2-8,11-17H2,1H3/b10-9-. The lowest BCUT2D eigenvalue weighted by Gasteiger charge is -2.08. The Hall–Kier alpha value is -3.54. The number of aromatic hydroxyl groups is 2. The van der Waals surface area contributed by atoms with Crippen LogP contribution in [0, 0.1) is 0 Å². The average molecular weight is 535 g/mol. The van der Waals surface area contributed by atoms with Gasteiger partial charge in [0.1, 0.15) is 34.5 Å². The zero-order valence-corrected chi connectivity index (χ0v) is 23.1. The van der Waals surface area contributed by atoms with Gasteiger partial charge in [0.15, 0.2) is 0 Å². The molecule has 0 aliphatic rings. The van der Waals surface area contributed by atoms with E-state index in [2.05, 4.69) is 19.1 Å². The van der Waals surface area contributed by atoms with Crippen molar-refractivity contribution in [3.8, 4) is 28.4 Å². The smallest absolute Gasteiger partial charge is 0.311 e. The van der Waals surface area contributed by atoms with E-state index in [1.54, 1.807) is 12.1 Å².